The van der Waals surface area contributed by atoms with Gasteiger partial charge in [-0.1, -0.05) is 48.5 Å². The van der Waals surface area contributed by atoms with Crippen molar-refractivity contribution in [2.75, 3.05) is 23.5 Å². The molecule has 0 spiro atoms. The largest absolute Gasteiger partial charge is 0.495 e. The average Bonchev–Trinajstić information content (AvgIpc) is 3.28. The Labute approximate surface area is 219 Å². The summed E-state index contributed by atoms with van der Waals surface area (Å²) in [6.07, 6.45) is 3.14. The van der Waals surface area contributed by atoms with Gasteiger partial charge in [0.15, 0.2) is 5.78 Å². The van der Waals surface area contributed by atoms with Crippen LogP contribution in [-0.2, 0) is 6.54 Å². The van der Waals surface area contributed by atoms with Gasteiger partial charge >= 0.3 is 6.03 Å². The molecule has 2 heterocycles. The smallest absolute Gasteiger partial charge is 0.323 e. The summed E-state index contributed by atoms with van der Waals surface area (Å²) in [6, 6.07) is 21.6. The van der Waals surface area contributed by atoms with Crippen LogP contribution in [0.25, 0.3) is 11.0 Å². The highest BCUT2D eigenvalue weighted by atomic mass is 16.5. The minimum absolute atomic E-state index is 0.228. The molecule has 0 fully saturated rings. The van der Waals surface area contributed by atoms with E-state index in [0.29, 0.717) is 45.8 Å². The van der Waals surface area contributed by atoms with E-state index >= 15 is 0 Å². The summed E-state index contributed by atoms with van der Waals surface area (Å²) in [5.41, 5.74) is 10.6. The number of carbonyl (C=O) groups is 2. The number of rotatable bonds is 7. The quantitative estimate of drug-likeness (QED) is 0.259. The van der Waals surface area contributed by atoms with Crippen LogP contribution >= 0.6 is 0 Å². The second-order valence-corrected chi connectivity index (χ2v) is 8.81. The number of aryl methyl sites for hydroxylation is 1. The van der Waals surface area contributed by atoms with Crippen molar-refractivity contribution >= 4 is 40.0 Å². The van der Waals surface area contributed by atoms with Gasteiger partial charge in [0.1, 0.15) is 23.5 Å². The number of ether oxygens (including phenoxy) is 1. The lowest BCUT2D eigenvalue weighted by Gasteiger charge is -2.12. The average molecular weight is 507 g/mol. The molecule has 9 nitrogen and oxygen atoms in total. The number of carbonyl (C=O) groups excluding carboxylic acids is 2. The Balaban J connectivity index is 1.42. The maximum atomic E-state index is 13.7. The molecule has 3 aromatic carbocycles. The molecule has 0 bridgehead atoms. The Kier molecular flexibility index (Phi) is 6.73. The first kappa shape index (κ1) is 24.5. The van der Waals surface area contributed by atoms with Gasteiger partial charge in [-0.25, -0.2) is 14.8 Å². The van der Waals surface area contributed by atoms with E-state index in [9.17, 15) is 9.59 Å². The molecule has 0 aliphatic carbocycles. The molecule has 0 saturated heterocycles. The second kappa shape index (κ2) is 10.4. The van der Waals surface area contributed by atoms with Gasteiger partial charge in [-0.3, -0.25) is 4.79 Å². The summed E-state index contributed by atoms with van der Waals surface area (Å²) < 4.78 is 7.22. The Morgan fingerprint density at radius 3 is 2.58 bits per heavy atom. The molecule has 4 N–H and O–H groups in total. The van der Waals surface area contributed by atoms with Crippen LogP contribution in [-0.4, -0.2) is 33.5 Å². The number of nitrogens with zero attached hydrogens (tertiary/aromatic N) is 3. The molecule has 5 rings (SSSR count). The number of methoxy groups -OCH3 is 1. The molecule has 0 aliphatic heterocycles. The molecule has 2 aromatic heterocycles. The molecule has 38 heavy (non-hydrogen) atoms. The van der Waals surface area contributed by atoms with Gasteiger partial charge in [0, 0.05) is 24.0 Å². The van der Waals surface area contributed by atoms with Crippen molar-refractivity contribution in [1.29, 1.82) is 0 Å². The Morgan fingerprint density at radius 2 is 1.79 bits per heavy atom. The van der Waals surface area contributed by atoms with Gasteiger partial charge in [-0.15, -0.1) is 0 Å². The molecule has 0 unspecified atom stereocenters. The van der Waals surface area contributed by atoms with E-state index in [1.54, 1.807) is 36.5 Å². The number of nitrogens with one attached hydrogen (secondary N) is 2. The van der Waals surface area contributed by atoms with Gasteiger partial charge in [0.2, 0.25) is 0 Å². The van der Waals surface area contributed by atoms with Crippen molar-refractivity contribution in [1.82, 2.24) is 14.5 Å². The molecule has 0 atom stereocenters. The van der Waals surface area contributed by atoms with Gasteiger partial charge in [-0.2, -0.15) is 0 Å². The third-order valence-corrected chi connectivity index (χ3v) is 6.11. The van der Waals surface area contributed by atoms with E-state index in [0.717, 1.165) is 11.1 Å². The van der Waals surface area contributed by atoms with E-state index in [4.69, 9.17) is 10.5 Å². The third kappa shape index (κ3) is 5.03. The van der Waals surface area contributed by atoms with Gasteiger partial charge in [-0.05, 0) is 42.3 Å². The lowest BCUT2D eigenvalue weighted by Crippen LogP contribution is -2.20. The standard InChI is InChI=1S/C29H26N6O3/c1-18-11-12-24(38-2)23(13-18)34-29(37)33-21-10-6-9-20(14-21)26(36)22-16-35(15-19-7-4-3-5-8-19)28-25(22)27(30)31-17-32-28/h3-14,16-17H,15H2,1-2H3,(H2,30,31,32)(H2,33,34,37). The number of hydrogen-bond acceptors (Lipinski definition) is 6. The zero-order valence-corrected chi connectivity index (χ0v) is 20.9. The molecule has 190 valence electrons. The van der Waals surface area contributed by atoms with Gasteiger partial charge in [0.25, 0.3) is 0 Å². The van der Waals surface area contributed by atoms with Crippen LogP contribution in [0.5, 0.6) is 5.75 Å². The monoisotopic (exact) mass is 506 g/mol. The van der Waals surface area contributed by atoms with Crippen LogP contribution in [0.3, 0.4) is 0 Å². The minimum Gasteiger partial charge on any atom is -0.495 e. The fraction of sp³-hybridized carbons (Fsp3) is 0.103. The summed E-state index contributed by atoms with van der Waals surface area (Å²) in [6.45, 7) is 2.44. The number of amides is 2. The molecule has 2 amide bonds. The number of nitrogens with two attached hydrogens (primary N) is 1. The van der Waals surface area contributed by atoms with Crippen molar-refractivity contribution < 1.29 is 14.3 Å². The minimum atomic E-state index is -0.462. The SMILES string of the molecule is COc1ccc(C)cc1NC(=O)Nc1cccc(C(=O)c2cn(Cc3ccccc3)c3ncnc(N)c23)c1. The van der Waals surface area contributed by atoms with Crippen molar-refractivity contribution in [3.8, 4) is 5.75 Å². The van der Waals surface area contributed by atoms with Crippen molar-refractivity contribution in [2.24, 2.45) is 0 Å². The second-order valence-electron chi connectivity index (χ2n) is 8.81. The maximum Gasteiger partial charge on any atom is 0.323 e. The summed E-state index contributed by atoms with van der Waals surface area (Å²) in [5, 5.41) is 6.07. The summed E-state index contributed by atoms with van der Waals surface area (Å²) in [7, 11) is 1.54. The van der Waals surface area contributed by atoms with E-state index in [-0.39, 0.29) is 11.6 Å². The molecule has 5 aromatic rings. The molecule has 0 radical (unpaired) electrons. The normalized spacial score (nSPS) is 10.8. The first-order valence-electron chi connectivity index (χ1n) is 11.9. The number of fused-ring (bicyclic) bond motifs is 1. The molecule has 9 heteroatoms. The fourth-order valence-corrected chi connectivity index (χ4v) is 4.32. The van der Waals surface area contributed by atoms with Crippen LogP contribution in [0.2, 0.25) is 0 Å². The Morgan fingerprint density at radius 1 is 0.974 bits per heavy atom. The summed E-state index contributed by atoms with van der Waals surface area (Å²) in [4.78, 5) is 34.9. The number of aromatic nitrogens is 3. The molecular formula is C29H26N6O3. The van der Waals surface area contributed by atoms with Crippen molar-refractivity contribution in [2.45, 2.75) is 13.5 Å². The number of anilines is 3. The van der Waals surface area contributed by atoms with Crippen LogP contribution < -0.4 is 21.1 Å². The molecule has 0 aliphatic rings. The van der Waals surface area contributed by atoms with Crippen LogP contribution in [0.4, 0.5) is 22.0 Å². The van der Waals surface area contributed by atoms with Crippen molar-refractivity contribution in [3.05, 3.63) is 108 Å². The first-order chi connectivity index (χ1) is 18.4. The zero-order valence-electron chi connectivity index (χ0n) is 20.9. The van der Waals surface area contributed by atoms with Crippen LogP contribution in [0.1, 0.15) is 27.0 Å². The Hall–Kier alpha value is -5.18. The number of nitrogen functional groups attached to an aromatic ring is 1. The van der Waals surface area contributed by atoms with E-state index in [2.05, 4.69) is 20.6 Å². The number of hydrogen-bond donors (Lipinski definition) is 3. The number of urea groups is 1. The zero-order chi connectivity index (χ0) is 26.6. The highest BCUT2D eigenvalue weighted by molar-refractivity contribution is 6.18. The predicted molar refractivity (Wildman–Crippen MR) is 148 cm³/mol. The molecule has 0 saturated carbocycles. The number of ketones is 1. The van der Waals surface area contributed by atoms with Gasteiger partial charge in [0.05, 0.1) is 23.7 Å². The van der Waals surface area contributed by atoms with E-state index in [1.807, 2.05) is 54.0 Å². The number of benzene rings is 3. The molecular weight excluding hydrogens is 480 g/mol. The van der Waals surface area contributed by atoms with E-state index in [1.165, 1.54) is 13.4 Å². The van der Waals surface area contributed by atoms with Crippen molar-refractivity contribution in [3.63, 3.8) is 0 Å². The maximum absolute atomic E-state index is 13.7. The van der Waals surface area contributed by atoms with Crippen LogP contribution in [0.15, 0.2) is 85.3 Å². The van der Waals surface area contributed by atoms with Gasteiger partial charge < -0.3 is 25.7 Å². The predicted octanol–water partition coefficient (Wildman–Crippen LogP) is 5.25. The lowest BCUT2D eigenvalue weighted by molar-refractivity contribution is 0.104. The highest BCUT2D eigenvalue weighted by Gasteiger charge is 2.21. The summed E-state index contributed by atoms with van der Waals surface area (Å²) in [5.74, 6) is 0.514. The Bertz CT molecular complexity index is 1650. The summed E-state index contributed by atoms with van der Waals surface area (Å²) >= 11 is 0. The highest BCUT2D eigenvalue weighted by Crippen LogP contribution is 2.28. The topological polar surface area (TPSA) is 124 Å². The fourth-order valence-electron chi connectivity index (χ4n) is 4.32. The van der Waals surface area contributed by atoms with Crippen LogP contribution in [0, 0.1) is 6.92 Å². The van der Waals surface area contributed by atoms with E-state index < -0.39 is 6.03 Å². The third-order valence-electron chi connectivity index (χ3n) is 6.11. The first-order valence-corrected chi connectivity index (χ1v) is 11.9. The lowest BCUT2D eigenvalue weighted by atomic mass is 10.0.